The van der Waals surface area contributed by atoms with Crippen LogP contribution in [0, 0.1) is 6.92 Å². The molecule has 0 aromatic carbocycles. The number of rotatable bonds is 6. The van der Waals surface area contributed by atoms with Gasteiger partial charge in [-0.2, -0.15) is 0 Å². The van der Waals surface area contributed by atoms with Crippen LogP contribution < -0.4 is 0 Å². The second kappa shape index (κ2) is 7.49. The van der Waals surface area contributed by atoms with E-state index >= 15 is 0 Å². The topological polar surface area (TPSA) is 94.1 Å². The summed E-state index contributed by atoms with van der Waals surface area (Å²) in [6.07, 6.45) is 2.81. The lowest BCUT2D eigenvalue weighted by atomic mass is 10.2. The van der Waals surface area contributed by atoms with Crippen LogP contribution in [0.1, 0.15) is 10.6 Å². The molecule has 0 N–H and O–H groups in total. The summed E-state index contributed by atoms with van der Waals surface area (Å²) in [5, 5.41) is 0. The number of hydrogen-bond acceptors (Lipinski definition) is 7. The van der Waals surface area contributed by atoms with Gasteiger partial charge >= 0.3 is 0 Å². The van der Waals surface area contributed by atoms with Crippen molar-refractivity contribution < 1.29 is 16.8 Å². The van der Waals surface area contributed by atoms with Gasteiger partial charge in [0, 0.05) is 29.4 Å². The van der Waals surface area contributed by atoms with E-state index in [9.17, 15) is 16.8 Å². The molecule has 0 aliphatic carbocycles. The number of aromatic nitrogens is 2. The molecule has 0 saturated heterocycles. The molecule has 0 amide bonds. The largest absolute Gasteiger partial charge is 0.255 e. The van der Waals surface area contributed by atoms with Crippen LogP contribution >= 0.6 is 11.3 Å². The average Bonchev–Trinajstić information content (AvgIpc) is 3.07. The van der Waals surface area contributed by atoms with Crippen LogP contribution in [-0.4, -0.2) is 38.8 Å². The maximum absolute atomic E-state index is 12.5. The lowest BCUT2D eigenvalue weighted by Gasteiger charge is -2.08. The molecule has 0 aliphatic heterocycles. The van der Waals surface area contributed by atoms with Crippen LogP contribution in [0.15, 0.2) is 57.8 Å². The molecule has 6 nitrogen and oxygen atoms in total. The standard InChI is InChI=1S/C18H18N2O4S3/c1-13-6-7-18(25-13)27(23,24)10-8-14-11-15(26(2,21)22)12-17(20-14)16-5-3-4-9-19-16/h3-7,9,11-12H,8,10H2,1-2H3. The summed E-state index contributed by atoms with van der Waals surface area (Å²) >= 11 is 1.22. The van der Waals surface area contributed by atoms with Gasteiger partial charge in [-0.1, -0.05) is 6.07 Å². The monoisotopic (exact) mass is 422 g/mol. The SMILES string of the molecule is Cc1ccc(S(=O)(=O)CCc2cc(S(C)(=O)=O)cc(-c3ccccn3)n2)s1. The molecule has 3 rings (SSSR count). The van der Waals surface area contributed by atoms with Gasteiger partial charge in [0.1, 0.15) is 4.21 Å². The summed E-state index contributed by atoms with van der Waals surface area (Å²) in [7, 11) is -6.92. The summed E-state index contributed by atoms with van der Waals surface area (Å²) in [5.74, 6) is -0.144. The van der Waals surface area contributed by atoms with Crippen LogP contribution in [0.2, 0.25) is 0 Å². The fourth-order valence-electron chi connectivity index (χ4n) is 2.47. The van der Waals surface area contributed by atoms with Gasteiger partial charge in [-0.25, -0.2) is 16.8 Å². The Labute approximate surface area is 162 Å². The zero-order valence-electron chi connectivity index (χ0n) is 14.8. The Morgan fingerprint density at radius 3 is 2.37 bits per heavy atom. The van der Waals surface area contributed by atoms with Crippen molar-refractivity contribution in [2.24, 2.45) is 0 Å². The minimum Gasteiger partial charge on any atom is -0.255 e. The molecule has 0 bridgehead atoms. The molecule has 0 aliphatic rings. The van der Waals surface area contributed by atoms with Crippen molar-refractivity contribution >= 4 is 31.0 Å². The van der Waals surface area contributed by atoms with Gasteiger partial charge in [0.2, 0.25) is 0 Å². The second-order valence-electron chi connectivity index (χ2n) is 6.10. The molecule has 3 aromatic rings. The van der Waals surface area contributed by atoms with Crippen molar-refractivity contribution in [2.45, 2.75) is 22.4 Å². The van der Waals surface area contributed by atoms with Crippen molar-refractivity contribution in [2.75, 3.05) is 12.0 Å². The Balaban J connectivity index is 1.95. The Morgan fingerprint density at radius 2 is 1.78 bits per heavy atom. The molecule has 3 aromatic heterocycles. The second-order valence-corrected chi connectivity index (χ2v) is 11.7. The van der Waals surface area contributed by atoms with Crippen molar-refractivity contribution in [1.82, 2.24) is 9.97 Å². The van der Waals surface area contributed by atoms with Crippen molar-refractivity contribution in [1.29, 1.82) is 0 Å². The highest BCUT2D eigenvalue weighted by Gasteiger charge is 2.19. The van der Waals surface area contributed by atoms with E-state index in [1.165, 1.54) is 23.5 Å². The summed E-state index contributed by atoms with van der Waals surface area (Å²) in [4.78, 5) is 9.64. The number of aryl methyl sites for hydroxylation is 2. The molecule has 3 heterocycles. The van der Waals surface area contributed by atoms with Gasteiger partial charge in [-0.05, 0) is 43.3 Å². The fraction of sp³-hybridized carbons (Fsp3) is 0.222. The van der Waals surface area contributed by atoms with Crippen LogP contribution in [0.3, 0.4) is 0 Å². The first-order valence-corrected chi connectivity index (χ1v) is 12.4. The zero-order valence-corrected chi connectivity index (χ0v) is 17.2. The highest BCUT2D eigenvalue weighted by molar-refractivity contribution is 7.93. The normalized spacial score (nSPS) is 12.2. The highest BCUT2D eigenvalue weighted by Crippen LogP contribution is 2.24. The third-order valence-electron chi connectivity index (χ3n) is 3.86. The Kier molecular flexibility index (Phi) is 5.45. The summed E-state index contributed by atoms with van der Waals surface area (Å²) < 4.78 is 49.4. The number of hydrogen-bond donors (Lipinski definition) is 0. The Morgan fingerprint density at radius 1 is 1.00 bits per heavy atom. The first-order chi connectivity index (χ1) is 12.6. The quantitative estimate of drug-likeness (QED) is 0.606. The van der Waals surface area contributed by atoms with E-state index in [2.05, 4.69) is 9.97 Å². The van der Waals surface area contributed by atoms with Crippen LogP contribution in [0.4, 0.5) is 0 Å². The predicted molar refractivity (Wildman–Crippen MR) is 105 cm³/mol. The molecule has 0 spiro atoms. The molecule has 27 heavy (non-hydrogen) atoms. The minimum absolute atomic E-state index is 0.0949. The highest BCUT2D eigenvalue weighted by atomic mass is 32.2. The Bertz CT molecular complexity index is 1170. The van der Waals surface area contributed by atoms with Crippen molar-refractivity contribution in [3.8, 4) is 11.4 Å². The molecular formula is C18H18N2O4S3. The van der Waals surface area contributed by atoms with E-state index in [0.717, 1.165) is 11.1 Å². The van der Waals surface area contributed by atoms with Gasteiger partial charge in [-0.15, -0.1) is 11.3 Å². The van der Waals surface area contributed by atoms with Gasteiger partial charge in [-0.3, -0.25) is 9.97 Å². The maximum atomic E-state index is 12.5. The molecule has 0 unspecified atom stereocenters. The van der Waals surface area contributed by atoms with E-state index in [0.29, 0.717) is 21.3 Å². The van der Waals surface area contributed by atoms with Gasteiger partial charge in [0.25, 0.3) is 0 Å². The first-order valence-electron chi connectivity index (χ1n) is 8.07. The van der Waals surface area contributed by atoms with Gasteiger partial charge < -0.3 is 0 Å². The van der Waals surface area contributed by atoms with Crippen molar-refractivity contribution in [3.63, 3.8) is 0 Å². The summed E-state index contributed by atoms with van der Waals surface area (Å²) in [6.45, 7) is 1.85. The molecule has 0 atom stereocenters. The molecule has 0 fully saturated rings. The summed E-state index contributed by atoms with van der Waals surface area (Å²) in [6, 6.07) is 11.5. The van der Waals surface area contributed by atoms with Gasteiger partial charge in [0.05, 0.1) is 22.0 Å². The fourth-order valence-corrected chi connectivity index (χ4v) is 5.84. The summed E-state index contributed by atoms with van der Waals surface area (Å²) in [5.41, 5.74) is 1.33. The zero-order chi connectivity index (χ0) is 19.7. The first kappa shape index (κ1) is 19.7. The third kappa shape index (κ3) is 4.79. The van der Waals surface area contributed by atoms with Crippen LogP contribution in [0.25, 0.3) is 11.4 Å². The average molecular weight is 423 g/mol. The predicted octanol–water partition coefficient (Wildman–Crippen LogP) is 2.93. The number of sulfone groups is 2. The minimum atomic E-state index is -3.47. The van der Waals surface area contributed by atoms with E-state index in [1.54, 1.807) is 36.5 Å². The third-order valence-corrected chi connectivity index (χ3v) is 8.25. The van der Waals surface area contributed by atoms with E-state index in [1.807, 2.05) is 6.92 Å². The maximum Gasteiger partial charge on any atom is 0.188 e. The number of nitrogens with zero attached hydrogens (tertiary/aromatic N) is 2. The van der Waals surface area contributed by atoms with Gasteiger partial charge in [0.15, 0.2) is 19.7 Å². The van der Waals surface area contributed by atoms with E-state index < -0.39 is 19.7 Å². The molecule has 142 valence electrons. The Hall–Kier alpha value is -2.10. The molecular weight excluding hydrogens is 404 g/mol. The smallest absolute Gasteiger partial charge is 0.188 e. The van der Waals surface area contributed by atoms with Crippen LogP contribution in [0.5, 0.6) is 0 Å². The molecule has 0 radical (unpaired) electrons. The van der Waals surface area contributed by atoms with Crippen molar-refractivity contribution in [3.05, 3.63) is 59.2 Å². The van der Waals surface area contributed by atoms with E-state index in [-0.39, 0.29) is 17.1 Å². The van der Waals surface area contributed by atoms with Crippen LogP contribution in [-0.2, 0) is 26.1 Å². The van der Waals surface area contributed by atoms with E-state index in [4.69, 9.17) is 0 Å². The molecule has 0 saturated carbocycles. The lowest BCUT2D eigenvalue weighted by Crippen LogP contribution is -2.10. The number of pyridine rings is 2. The number of thiophene rings is 1. The molecule has 9 heteroatoms. The lowest BCUT2D eigenvalue weighted by molar-refractivity contribution is 0.597.